The monoisotopic (exact) mass is 430 g/mol. The van der Waals surface area contributed by atoms with Gasteiger partial charge in [0.15, 0.2) is 6.10 Å². The molecule has 0 fully saturated rings. The molecule has 5 heteroatoms. The van der Waals surface area contributed by atoms with Gasteiger partial charge in [-0.25, -0.2) is 4.79 Å². The normalized spacial score (nSPS) is 11.9. The smallest absolute Gasteiger partial charge is 0.330 e. The SMILES string of the molecule is C=CC(=O)OC(CO)COc1c2ccccc2cc2c(Sc3ccccc3)cccc12. The molecule has 1 unspecified atom stereocenters. The Morgan fingerprint density at radius 3 is 2.48 bits per heavy atom. The van der Waals surface area contributed by atoms with Crippen LogP contribution in [-0.4, -0.2) is 30.4 Å². The molecule has 0 saturated heterocycles. The molecule has 4 aromatic rings. The van der Waals surface area contributed by atoms with Gasteiger partial charge in [0, 0.05) is 26.6 Å². The Kier molecular flexibility index (Phi) is 6.55. The molecule has 31 heavy (non-hydrogen) atoms. The van der Waals surface area contributed by atoms with Crippen LogP contribution in [0.5, 0.6) is 5.75 Å². The number of ether oxygens (including phenoxy) is 2. The lowest BCUT2D eigenvalue weighted by molar-refractivity contribution is -0.146. The van der Waals surface area contributed by atoms with Gasteiger partial charge in [0.25, 0.3) is 0 Å². The summed E-state index contributed by atoms with van der Waals surface area (Å²) >= 11 is 1.70. The average Bonchev–Trinajstić information content (AvgIpc) is 2.81. The van der Waals surface area contributed by atoms with Gasteiger partial charge in [0.2, 0.25) is 0 Å². The largest absolute Gasteiger partial charge is 0.488 e. The van der Waals surface area contributed by atoms with Gasteiger partial charge in [-0.15, -0.1) is 0 Å². The van der Waals surface area contributed by atoms with E-state index in [-0.39, 0.29) is 13.2 Å². The molecule has 0 aliphatic heterocycles. The Morgan fingerprint density at radius 2 is 1.71 bits per heavy atom. The summed E-state index contributed by atoms with van der Waals surface area (Å²) in [5.41, 5.74) is 0. The number of hydrogen-bond donors (Lipinski definition) is 1. The topological polar surface area (TPSA) is 55.8 Å². The summed E-state index contributed by atoms with van der Waals surface area (Å²) in [5.74, 6) is 0.115. The number of benzene rings is 4. The van der Waals surface area contributed by atoms with Crippen LogP contribution in [0.4, 0.5) is 0 Å². The van der Waals surface area contributed by atoms with Gasteiger partial charge >= 0.3 is 5.97 Å². The third-order valence-corrected chi connectivity index (χ3v) is 5.94. The van der Waals surface area contributed by atoms with Crippen molar-refractivity contribution < 1.29 is 19.4 Å². The molecule has 0 amide bonds. The number of carbonyl (C=O) groups excluding carboxylic acids is 1. The van der Waals surface area contributed by atoms with E-state index in [4.69, 9.17) is 9.47 Å². The molecule has 0 saturated carbocycles. The maximum absolute atomic E-state index is 11.5. The van der Waals surface area contributed by atoms with E-state index < -0.39 is 12.1 Å². The third kappa shape index (κ3) is 4.74. The molecular weight excluding hydrogens is 408 g/mol. The second kappa shape index (κ2) is 9.69. The Labute approximate surface area is 185 Å². The maximum Gasteiger partial charge on any atom is 0.330 e. The van der Waals surface area contributed by atoms with Crippen molar-refractivity contribution in [1.29, 1.82) is 0 Å². The molecular formula is C26H22O4S. The molecule has 0 aliphatic rings. The Bertz CT molecular complexity index is 1220. The van der Waals surface area contributed by atoms with Crippen molar-refractivity contribution >= 4 is 39.3 Å². The van der Waals surface area contributed by atoms with Crippen LogP contribution in [0.3, 0.4) is 0 Å². The molecule has 1 N–H and O–H groups in total. The molecule has 4 rings (SSSR count). The van der Waals surface area contributed by atoms with Gasteiger partial charge in [-0.1, -0.05) is 72.9 Å². The van der Waals surface area contributed by atoms with Crippen molar-refractivity contribution in [3.8, 4) is 5.75 Å². The van der Waals surface area contributed by atoms with E-state index in [1.165, 1.54) is 0 Å². The third-order valence-electron chi connectivity index (χ3n) is 4.85. The number of aliphatic hydroxyl groups is 1. The standard InChI is InChI=1S/C26H22O4S/c1-2-25(28)30-19(16-27)17-29-26-21-12-7-6-9-18(21)15-23-22(26)13-8-14-24(23)31-20-10-4-3-5-11-20/h2-15,19,27H,1,16-17H2. The van der Waals surface area contributed by atoms with Gasteiger partial charge in [-0.05, 0) is 35.0 Å². The molecule has 0 spiro atoms. The second-order valence-corrected chi connectivity index (χ2v) is 8.07. The highest BCUT2D eigenvalue weighted by Gasteiger charge is 2.16. The summed E-state index contributed by atoms with van der Waals surface area (Å²) < 4.78 is 11.3. The van der Waals surface area contributed by atoms with E-state index in [1.54, 1.807) is 11.8 Å². The molecule has 0 bridgehead atoms. The summed E-state index contributed by atoms with van der Waals surface area (Å²) in [4.78, 5) is 13.8. The highest BCUT2D eigenvalue weighted by Crippen LogP contribution is 2.41. The molecule has 0 aliphatic carbocycles. The number of aliphatic hydroxyl groups excluding tert-OH is 1. The van der Waals surface area contributed by atoms with E-state index in [9.17, 15) is 9.90 Å². The first-order valence-corrected chi connectivity index (χ1v) is 10.8. The minimum absolute atomic E-state index is 0.0369. The van der Waals surface area contributed by atoms with Crippen molar-refractivity contribution in [3.63, 3.8) is 0 Å². The minimum Gasteiger partial charge on any atom is -0.488 e. The summed E-state index contributed by atoms with van der Waals surface area (Å²) in [7, 11) is 0. The van der Waals surface area contributed by atoms with E-state index in [2.05, 4.69) is 30.8 Å². The highest BCUT2D eigenvalue weighted by molar-refractivity contribution is 7.99. The van der Waals surface area contributed by atoms with Crippen molar-refractivity contribution in [3.05, 3.63) is 91.5 Å². The second-order valence-electron chi connectivity index (χ2n) is 6.95. The van der Waals surface area contributed by atoms with E-state index in [1.807, 2.05) is 54.6 Å². The number of fused-ring (bicyclic) bond motifs is 2. The fraction of sp³-hybridized carbons (Fsp3) is 0.115. The van der Waals surface area contributed by atoms with Gasteiger partial charge in [-0.3, -0.25) is 0 Å². The average molecular weight is 431 g/mol. The molecule has 156 valence electrons. The van der Waals surface area contributed by atoms with Crippen LogP contribution in [0.2, 0.25) is 0 Å². The molecule has 1 atom stereocenters. The van der Waals surface area contributed by atoms with E-state index in [0.717, 1.165) is 37.4 Å². The molecule has 4 aromatic carbocycles. The predicted molar refractivity (Wildman–Crippen MR) is 125 cm³/mol. The Hall–Kier alpha value is -3.28. The van der Waals surface area contributed by atoms with Crippen LogP contribution < -0.4 is 4.74 Å². The van der Waals surface area contributed by atoms with Crippen LogP contribution in [0.15, 0.2) is 101 Å². The van der Waals surface area contributed by atoms with Gasteiger partial charge in [0.05, 0.1) is 6.61 Å². The van der Waals surface area contributed by atoms with Crippen molar-refractivity contribution in [2.24, 2.45) is 0 Å². The van der Waals surface area contributed by atoms with Crippen molar-refractivity contribution in [1.82, 2.24) is 0 Å². The lowest BCUT2D eigenvalue weighted by Crippen LogP contribution is -2.27. The van der Waals surface area contributed by atoms with E-state index >= 15 is 0 Å². The van der Waals surface area contributed by atoms with Crippen LogP contribution in [0.25, 0.3) is 21.5 Å². The van der Waals surface area contributed by atoms with E-state index in [0.29, 0.717) is 5.75 Å². The van der Waals surface area contributed by atoms with Gasteiger partial charge < -0.3 is 14.6 Å². The Morgan fingerprint density at radius 1 is 0.968 bits per heavy atom. The lowest BCUT2D eigenvalue weighted by Gasteiger charge is -2.19. The molecule has 0 aromatic heterocycles. The Balaban J connectivity index is 1.76. The van der Waals surface area contributed by atoms with Crippen LogP contribution >= 0.6 is 11.8 Å². The fourth-order valence-electron chi connectivity index (χ4n) is 3.39. The van der Waals surface area contributed by atoms with Gasteiger partial charge in [0.1, 0.15) is 12.4 Å². The molecule has 4 nitrogen and oxygen atoms in total. The minimum atomic E-state index is -0.776. The number of hydrogen-bond acceptors (Lipinski definition) is 5. The zero-order chi connectivity index (χ0) is 21.6. The molecule has 0 heterocycles. The highest BCUT2D eigenvalue weighted by atomic mass is 32.2. The number of esters is 1. The summed E-state index contributed by atoms with van der Waals surface area (Å²) in [6.07, 6.45) is 0.296. The van der Waals surface area contributed by atoms with Crippen LogP contribution in [-0.2, 0) is 9.53 Å². The predicted octanol–water partition coefficient (Wildman–Crippen LogP) is 5.61. The zero-order valence-corrected chi connectivity index (χ0v) is 17.7. The van der Waals surface area contributed by atoms with Gasteiger partial charge in [-0.2, -0.15) is 0 Å². The zero-order valence-electron chi connectivity index (χ0n) is 16.9. The number of carbonyl (C=O) groups is 1. The van der Waals surface area contributed by atoms with Crippen LogP contribution in [0.1, 0.15) is 0 Å². The molecule has 0 radical (unpaired) electrons. The fourth-order valence-corrected chi connectivity index (χ4v) is 4.37. The lowest BCUT2D eigenvalue weighted by atomic mass is 10.0. The van der Waals surface area contributed by atoms with Crippen molar-refractivity contribution in [2.75, 3.05) is 13.2 Å². The summed E-state index contributed by atoms with van der Waals surface area (Å²) in [6.45, 7) is 3.09. The summed E-state index contributed by atoms with van der Waals surface area (Å²) in [5, 5.41) is 13.6. The quantitative estimate of drug-likeness (QED) is 0.224. The number of rotatable bonds is 8. The first kappa shape index (κ1) is 21.0. The van der Waals surface area contributed by atoms with Crippen LogP contribution in [0, 0.1) is 0 Å². The first-order chi connectivity index (χ1) is 15.2. The maximum atomic E-state index is 11.5. The summed E-state index contributed by atoms with van der Waals surface area (Å²) in [6, 6.07) is 26.5. The first-order valence-electron chi connectivity index (χ1n) is 9.93. The van der Waals surface area contributed by atoms with Crippen molar-refractivity contribution in [2.45, 2.75) is 15.9 Å².